The Hall–Kier alpha value is -2.93. The largest absolute Gasteiger partial charge is 0.489 e. The number of aryl methyl sites for hydroxylation is 2. The fourth-order valence-electron chi connectivity index (χ4n) is 6.25. The molecule has 0 amide bonds. The molecule has 1 saturated heterocycles. The number of benzene rings is 2. The number of pyridine rings is 1. The highest BCUT2D eigenvalue weighted by Gasteiger charge is 2.52. The Kier molecular flexibility index (Phi) is 6.02. The molecule has 6 rings (SSSR count). The molecule has 0 unspecified atom stereocenters. The van der Waals surface area contributed by atoms with E-state index in [-0.39, 0.29) is 30.0 Å². The summed E-state index contributed by atoms with van der Waals surface area (Å²) in [5, 5.41) is 0. The molecule has 1 saturated carbocycles. The van der Waals surface area contributed by atoms with Gasteiger partial charge < -0.3 is 9.47 Å². The van der Waals surface area contributed by atoms with E-state index in [2.05, 4.69) is 24.0 Å². The summed E-state index contributed by atoms with van der Waals surface area (Å²) >= 11 is 0. The van der Waals surface area contributed by atoms with Crippen LogP contribution in [0, 0.1) is 31.5 Å². The molecule has 3 aliphatic rings. The molecule has 3 aromatic rings. The maximum Gasteiger partial charge on any atom is 0.214 e. The molecule has 2 heterocycles. The zero-order valence-electron chi connectivity index (χ0n) is 21.5. The van der Waals surface area contributed by atoms with Crippen molar-refractivity contribution in [2.75, 3.05) is 11.5 Å². The van der Waals surface area contributed by atoms with Crippen molar-refractivity contribution in [3.63, 3.8) is 0 Å². The van der Waals surface area contributed by atoms with Crippen LogP contribution in [0.4, 0.5) is 4.39 Å². The van der Waals surface area contributed by atoms with Gasteiger partial charge in [-0.25, -0.2) is 17.8 Å². The van der Waals surface area contributed by atoms with Crippen LogP contribution in [-0.4, -0.2) is 31.0 Å². The second-order valence-corrected chi connectivity index (χ2v) is 13.2. The number of hydrogen-bond acceptors (Lipinski definition) is 5. The number of aromatic nitrogens is 1. The van der Waals surface area contributed by atoms with E-state index in [4.69, 9.17) is 9.47 Å². The molecule has 37 heavy (non-hydrogen) atoms. The van der Waals surface area contributed by atoms with Crippen molar-refractivity contribution in [2.24, 2.45) is 11.8 Å². The lowest BCUT2D eigenvalue weighted by molar-refractivity contribution is 0.181. The van der Waals surface area contributed by atoms with Gasteiger partial charge in [-0.2, -0.15) is 0 Å². The van der Waals surface area contributed by atoms with Crippen LogP contribution in [0.25, 0.3) is 11.1 Å². The molecule has 2 fully saturated rings. The van der Waals surface area contributed by atoms with Gasteiger partial charge in [-0.1, -0.05) is 19.1 Å². The number of hydrogen-bond donors (Lipinski definition) is 0. The van der Waals surface area contributed by atoms with Crippen molar-refractivity contribution in [2.45, 2.75) is 58.7 Å². The molecule has 194 valence electrons. The summed E-state index contributed by atoms with van der Waals surface area (Å²) in [4.78, 5) is 4.64. The zero-order chi connectivity index (χ0) is 25.9. The van der Waals surface area contributed by atoms with E-state index < -0.39 is 9.84 Å². The molecule has 0 bridgehead atoms. The molecule has 1 aromatic heterocycles. The molecular formula is C30H32FNO4S. The minimum Gasteiger partial charge on any atom is -0.489 e. The van der Waals surface area contributed by atoms with Crippen LogP contribution < -0.4 is 9.47 Å². The van der Waals surface area contributed by atoms with E-state index in [0.29, 0.717) is 30.2 Å². The van der Waals surface area contributed by atoms with Crippen molar-refractivity contribution in [1.29, 1.82) is 0 Å². The molecule has 1 aliphatic heterocycles. The summed E-state index contributed by atoms with van der Waals surface area (Å²) in [6.07, 6.45) is 1.93. The Morgan fingerprint density at radius 2 is 1.84 bits per heavy atom. The third-order valence-corrected chi connectivity index (χ3v) is 10.1. The first-order valence-electron chi connectivity index (χ1n) is 13.1. The number of fused-ring (bicyclic) bond motifs is 3. The fraction of sp³-hybridized carbons (Fsp3) is 0.433. The van der Waals surface area contributed by atoms with Gasteiger partial charge in [-0.3, -0.25) is 0 Å². The van der Waals surface area contributed by atoms with E-state index in [1.807, 2.05) is 32.0 Å². The third kappa shape index (κ3) is 4.74. The van der Waals surface area contributed by atoms with Crippen LogP contribution in [0.1, 0.15) is 53.6 Å². The fourth-order valence-corrected chi connectivity index (χ4v) is 7.70. The summed E-state index contributed by atoms with van der Waals surface area (Å²) in [6.45, 7) is 6.37. The number of ether oxygens (including phenoxy) is 2. The van der Waals surface area contributed by atoms with Crippen LogP contribution in [0.3, 0.4) is 0 Å². The van der Waals surface area contributed by atoms with Gasteiger partial charge in [0.2, 0.25) is 5.88 Å². The third-order valence-electron chi connectivity index (χ3n) is 8.38. The van der Waals surface area contributed by atoms with Crippen molar-refractivity contribution in [3.8, 4) is 22.8 Å². The Labute approximate surface area is 218 Å². The van der Waals surface area contributed by atoms with Crippen LogP contribution in [-0.2, 0) is 22.9 Å². The normalized spacial score (nSPS) is 23.8. The van der Waals surface area contributed by atoms with Gasteiger partial charge in [-0.15, -0.1) is 0 Å². The first kappa shape index (κ1) is 24.4. The standard InChI is InChI=1S/C30H32FNO4S/c1-17-12-28(36-23-8-10-37(33,34)11-9-23)32-19(3)29(17)20-4-7-27(31)22(13-20)16-35-24-5-6-25-21(14-24)15-26-18(2)30(25)26/h4-7,12-14,18,23,26,30H,8-11,15-16H2,1-3H3/t18-,26-,30-/m0/s1. The Morgan fingerprint density at radius 3 is 2.59 bits per heavy atom. The average molecular weight is 522 g/mol. The van der Waals surface area contributed by atoms with Crippen LogP contribution in [0.15, 0.2) is 42.5 Å². The zero-order valence-corrected chi connectivity index (χ0v) is 22.3. The van der Waals surface area contributed by atoms with E-state index in [1.54, 1.807) is 6.07 Å². The summed E-state index contributed by atoms with van der Waals surface area (Å²) in [5.74, 6) is 3.59. The molecule has 0 spiro atoms. The highest BCUT2D eigenvalue weighted by Crippen LogP contribution is 2.61. The number of sulfone groups is 1. The predicted octanol–water partition coefficient (Wildman–Crippen LogP) is 5.95. The van der Waals surface area contributed by atoms with Crippen molar-refractivity contribution >= 4 is 9.84 Å². The summed E-state index contributed by atoms with van der Waals surface area (Å²) in [6, 6.07) is 13.3. The van der Waals surface area contributed by atoms with Gasteiger partial charge in [0.15, 0.2) is 9.84 Å². The average Bonchev–Trinajstić information content (AvgIpc) is 3.30. The summed E-state index contributed by atoms with van der Waals surface area (Å²) in [5.41, 5.74) is 6.88. The lowest BCUT2D eigenvalue weighted by Crippen LogP contribution is -2.31. The van der Waals surface area contributed by atoms with Crippen molar-refractivity contribution < 1.29 is 22.3 Å². The molecular weight excluding hydrogens is 489 g/mol. The SMILES string of the molecule is Cc1cc(OC2CCS(=O)(=O)CC2)nc(C)c1-c1ccc(F)c(COc2ccc3c(c2)C[C@H]2[C@H](C)[C@@H]32)c1. The van der Waals surface area contributed by atoms with Crippen molar-refractivity contribution in [3.05, 3.63) is 76.2 Å². The quantitative estimate of drug-likeness (QED) is 0.401. The molecule has 3 atom stereocenters. The van der Waals surface area contributed by atoms with Gasteiger partial charge >= 0.3 is 0 Å². The van der Waals surface area contributed by atoms with Crippen LogP contribution in [0.2, 0.25) is 0 Å². The van der Waals surface area contributed by atoms with Gasteiger partial charge in [-0.05, 0) is 97.4 Å². The summed E-state index contributed by atoms with van der Waals surface area (Å²) < 4.78 is 50.2. The highest BCUT2D eigenvalue weighted by atomic mass is 32.2. The van der Waals surface area contributed by atoms with Crippen LogP contribution >= 0.6 is 0 Å². The Bertz CT molecular complexity index is 1450. The molecule has 2 aliphatic carbocycles. The minimum atomic E-state index is -2.94. The van der Waals surface area contributed by atoms with Crippen LogP contribution in [0.5, 0.6) is 11.6 Å². The maximum absolute atomic E-state index is 14.7. The topological polar surface area (TPSA) is 65.5 Å². The second kappa shape index (κ2) is 9.12. The Balaban J connectivity index is 1.17. The summed E-state index contributed by atoms with van der Waals surface area (Å²) in [7, 11) is -2.94. The molecule has 2 aromatic carbocycles. The van der Waals surface area contributed by atoms with E-state index in [9.17, 15) is 12.8 Å². The molecule has 0 radical (unpaired) electrons. The highest BCUT2D eigenvalue weighted by molar-refractivity contribution is 7.91. The van der Waals surface area contributed by atoms with Gasteiger partial charge in [0.1, 0.15) is 24.3 Å². The lowest BCUT2D eigenvalue weighted by Gasteiger charge is -2.23. The smallest absolute Gasteiger partial charge is 0.214 e. The van der Waals surface area contributed by atoms with Gasteiger partial charge in [0.05, 0.1) is 11.5 Å². The first-order valence-corrected chi connectivity index (χ1v) is 14.9. The molecule has 5 nitrogen and oxygen atoms in total. The van der Waals surface area contributed by atoms with E-state index >= 15 is 0 Å². The monoisotopic (exact) mass is 521 g/mol. The van der Waals surface area contributed by atoms with E-state index in [1.165, 1.54) is 17.2 Å². The predicted molar refractivity (Wildman–Crippen MR) is 141 cm³/mol. The van der Waals surface area contributed by atoms with Crippen molar-refractivity contribution in [1.82, 2.24) is 4.98 Å². The molecule has 7 heteroatoms. The number of rotatable bonds is 6. The van der Waals surface area contributed by atoms with E-state index in [0.717, 1.165) is 46.4 Å². The second-order valence-electron chi connectivity index (χ2n) is 10.9. The first-order chi connectivity index (χ1) is 17.7. The lowest BCUT2D eigenvalue weighted by atomic mass is 9.97. The van der Waals surface area contributed by atoms with Gasteiger partial charge in [0, 0.05) is 22.9 Å². The van der Waals surface area contributed by atoms with Gasteiger partial charge in [0.25, 0.3) is 0 Å². The number of halogens is 1. The Morgan fingerprint density at radius 1 is 1.05 bits per heavy atom. The minimum absolute atomic E-state index is 0.149. The number of nitrogens with zero attached hydrogens (tertiary/aromatic N) is 1. The maximum atomic E-state index is 14.7. The molecule has 0 N–H and O–H groups in total.